The summed E-state index contributed by atoms with van der Waals surface area (Å²) < 4.78 is 313. The summed E-state index contributed by atoms with van der Waals surface area (Å²) in [7, 11) is 0. The van der Waals surface area contributed by atoms with Crippen molar-refractivity contribution in [3.05, 3.63) is 189 Å². The number of aromatic nitrogens is 1. The zero-order chi connectivity index (χ0) is 49.7. The molecule has 0 aliphatic carbocycles. The lowest BCUT2D eigenvalue weighted by Gasteiger charge is -2.44. The van der Waals surface area contributed by atoms with Gasteiger partial charge in [0.15, 0.2) is 69.8 Å². The summed E-state index contributed by atoms with van der Waals surface area (Å²) in [6.07, 6.45) is -7.22. The maximum Gasteiger partial charge on any atom is 0.371 e. The molecule has 7 rings (SSSR count). The van der Waals surface area contributed by atoms with E-state index in [1.165, 1.54) is 0 Å². The summed E-state index contributed by atoms with van der Waals surface area (Å²) in [5.74, 6) is -71.1. The van der Waals surface area contributed by atoms with Crippen LogP contribution in [0.4, 0.5) is 92.2 Å². The van der Waals surface area contributed by atoms with Crippen molar-refractivity contribution in [3.8, 4) is 5.88 Å². The quantitative estimate of drug-likeness (QED) is 0.0361. The Hall–Kier alpha value is -7.21. The van der Waals surface area contributed by atoms with E-state index in [2.05, 4.69) is 0 Å². The molecule has 350 valence electrons. The Kier molecular flexibility index (Phi) is 13.7. The van der Waals surface area contributed by atoms with E-state index >= 15 is 35.1 Å². The first-order valence-corrected chi connectivity index (χ1v) is 17.9. The zero-order valence-corrected chi connectivity index (χ0v) is 32.0. The number of benzene rings is 6. The standard InChI is InChI=1S/C24BF20.C18H15FNO2/c26-5-1(6(27)14(35)21(42)13(5)34)25(2-7(28)15(36)22(43)16(37)8(2)29,3-9(30)17(38)23(44)18(39)10(3)31)4-11(32)19(40)24(45)20(41)12(4)33;19-13-22-18-11-10-14-6-4-5-9-16(14)20(18)12-17(21)15-7-2-1-3-8-15/h;1-11H,12-13H2/q-1;+1. The van der Waals surface area contributed by atoms with Crippen molar-refractivity contribution in [1.29, 1.82) is 0 Å². The lowest BCUT2D eigenvalue weighted by atomic mass is 9.12. The molecular formula is C42H15BF21NO2. The SMILES string of the molecule is Fc1c(F)c(F)c([B-](c2c(F)c(F)c(F)c(F)c2F)(c2c(F)c(F)c(F)c(F)c2F)c2c(F)c(F)c(F)c(F)c2F)c(F)c1F.O=C(C[n+]1c(OCF)ccc2ccccc21)c1ccccc1. The van der Waals surface area contributed by atoms with E-state index in [9.17, 15) is 61.9 Å². The van der Waals surface area contributed by atoms with Crippen LogP contribution in [0, 0.1) is 116 Å². The van der Waals surface area contributed by atoms with Gasteiger partial charge in [0.05, 0.1) is 6.07 Å². The number of hydrogen-bond donors (Lipinski definition) is 0. The molecule has 0 amide bonds. The van der Waals surface area contributed by atoms with E-state index in [0.717, 1.165) is 10.9 Å². The third kappa shape index (κ3) is 7.81. The van der Waals surface area contributed by atoms with Crippen LogP contribution in [0.25, 0.3) is 10.9 Å². The molecule has 0 fully saturated rings. The molecule has 25 heteroatoms. The highest BCUT2D eigenvalue weighted by molar-refractivity contribution is 7.20. The Morgan fingerprint density at radius 3 is 1.01 bits per heavy atom. The normalized spacial score (nSPS) is 11.5. The molecule has 0 saturated heterocycles. The van der Waals surface area contributed by atoms with Crippen LogP contribution in [0.15, 0.2) is 66.7 Å². The molecule has 0 spiro atoms. The highest BCUT2D eigenvalue weighted by atomic mass is 19.2. The predicted molar refractivity (Wildman–Crippen MR) is 191 cm³/mol. The first kappa shape index (κ1) is 49.2. The van der Waals surface area contributed by atoms with E-state index < -0.39 is 151 Å². The Morgan fingerprint density at radius 2 is 0.687 bits per heavy atom. The summed E-state index contributed by atoms with van der Waals surface area (Å²) in [5, 5.41) is 0.967. The first-order valence-electron chi connectivity index (χ1n) is 17.9. The number of fused-ring (bicyclic) bond motifs is 1. The second kappa shape index (κ2) is 18.6. The molecule has 0 N–H and O–H groups in total. The molecule has 0 radical (unpaired) electrons. The fourth-order valence-corrected chi connectivity index (χ4v) is 7.32. The molecule has 6 aromatic carbocycles. The monoisotopic (exact) mass is 975 g/mol. The molecular weight excluding hydrogens is 960 g/mol. The predicted octanol–water partition coefficient (Wildman–Crippen LogP) is 9.16. The van der Waals surface area contributed by atoms with Crippen LogP contribution in [-0.4, -0.2) is 18.8 Å². The van der Waals surface area contributed by atoms with Crippen LogP contribution >= 0.6 is 0 Å². The maximum atomic E-state index is 15.4. The number of halogens is 21. The maximum absolute atomic E-state index is 15.4. The smallest absolute Gasteiger partial charge is 0.371 e. The van der Waals surface area contributed by atoms with Gasteiger partial charge in [-0.15, -0.1) is 21.9 Å². The van der Waals surface area contributed by atoms with Gasteiger partial charge < -0.3 is 4.74 Å². The first-order chi connectivity index (χ1) is 31.5. The minimum absolute atomic E-state index is 0.0503. The van der Waals surface area contributed by atoms with Gasteiger partial charge in [-0.2, -0.15) is 4.57 Å². The van der Waals surface area contributed by atoms with Gasteiger partial charge in [0.2, 0.25) is 24.7 Å². The minimum Gasteiger partial charge on any atom is -0.412 e. The van der Waals surface area contributed by atoms with Gasteiger partial charge in [-0.1, -0.05) is 42.5 Å². The van der Waals surface area contributed by atoms with Crippen molar-refractivity contribution in [1.82, 2.24) is 0 Å². The number of hydrogen-bond acceptors (Lipinski definition) is 2. The van der Waals surface area contributed by atoms with Gasteiger partial charge in [0.25, 0.3) is 0 Å². The zero-order valence-electron chi connectivity index (χ0n) is 32.0. The van der Waals surface area contributed by atoms with Crippen LogP contribution in [0.3, 0.4) is 0 Å². The van der Waals surface area contributed by atoms with E-state index in [0.29, 0.717) is 11.4 Å². The van der Waals surface area contributed by atoms with Gasteiger partial charge in [-0.05, 0) is 12.1 Å². The number of nitrogens with zero attached hydrogens (tertiary/aromatic N) is 1. The number of Topliss-reactive ketones (excluding diaryl/α,β-unsaturated/α-hetero) is 1. The molecule has 0 atom stereocenters. The van der Waals surface area contributed by atoms with Gasteiger partial charge in [0.1, 0.15) is 52.7 Å². The van der Waals surface area contributed by atoms with Gasteiger partial charge in [-0.25, -0.2) is 92.2 Å². The van der Waals surface area contributed by atoms with Crippen LogP contribution in [0.5, 0.6) is 5.88 Å². The Morgan fingerprint density at radius 1 is 0.388 bits per heavy atom. The fraction of sp³-hybridized carbons (Fsp3) is 0.0476. The van der Waals surface area contributed by atoms with Crippen LogP contribution in [0.2, 0.25) is 0 Å². The number of ketones is 1. The molecule has 0 saturated carbocycles. The number of para-hydroxylation sites is 1. The van der Waals surface area contributed by atoms with Crippen LogP contribution in [-0.2, 0) is 6.54 Å². The molecule has 1 heterocycles. The van der Waals surface area contributed by atoms with Crippen LogP contribution in [0.1, 0.15) is 10.4 Å². The van der Waals surface area contributed by atoms with E-state index in [4.69, 9.17) is 4.74 Å². The Bertz CT molecular complexity index is 2770. The van der Waals surface area contributed by atoms with Gasteiger partial charge in [-0.3, -0.25) is 4.79 Å². The molecule has 7 aromatic rings. The summed E-state index contributed by atoms with van der Waals surface area (Å²) in [5.41, 5.74) is -12.9. The number of rotatable bonds is 9. The number of carbonyl (C=O) groups excluding carboxylic acids is 1. The largest absolute Gasteiger partial charge is 0.412 e. The third-order valence-corrected chi connectivity index (χ3v) is 10.2. The van der Waals surface area contributed by atoms with E-state index in [-0.39, 0.29) is 12.3 Å². The summed E-state index contributed by atoms with van der Waals surface area (Å²) >= 11 is 0. The van der Waals surface area contributed by atoms with Crippen molar-refractivity contribution < 1.29 is 106 Å². The molecule has 0 aliphatic heterocycles. The number of alkyl halides is 1. The molecule has 67 heavy (non-hydrogen) atoms. The van der Waals surface area contributed by atoms with Crippen molar-refractivity contribution in [3.63, 3.8) is 0 Å². The van der Waals surface area contributed by atoms with E-state index in [1.807, 2.05) is 48.5 Å². The van der Waals surface area contributed by atoms with Crippen LogP contribution < -0.4 is 31.2 Å². The fourth-order valence-electron chi connectivity index (χ4n) is 7.32. The topological polar surface area (TPSA) is 30.2 Å². The van der Waals surface area contributed by atoms with E-state index in [1.54, 1.807) is 22.8 Å². The Labute approximate surface area is 358 Å². The molecule has 0 unspecified atom stereocenters. The van der Waals surface area contributed by atoms with Crippen molar-refractivity contribution in [2.75, 3.05) is 6.86 Å². The lowest BCUT2D eigenvalue weighted by Crippen LogP contribution is -2.81. The summed E-state index contributed by atoms with van der Waals surface area (Å²) in [6, 6.07) is 20.2. The number of ether oxygens (including phenoxy) is 1. The second-order valence-electron chi connectivity index (χ2n) is 13.7. The highest BCUT2D eigenvalue weighted by Crippen LogP contribution is 2.31. The molecule has 0 bridgehead atoms. The number of carbonyl (C=O) groups is 1. The third-order valence-electron chi connectivity index (χ3n) is 10.2. The summed E-state index contributed by atoms with van der Waals surface area (Å²) in [6.45, 7) is -0.835. The molecule has 1 aromatic heterocycles. The van der Waals surface area contributed by atoms with Gasteiger partial charge in [0, 0.05) is 17.0 Å². The molecule has 3 nitrogen and oxygen atoms in total. The molecule has 0 aliphatic rings. The average molecular weight is 975 g/mol. The number of pyridine rings is 1. The Balaban J connectivity index is 0.000000279. The van der Waals surface area contributed by atoms with Crippen molar-refractivity contribution in [2.45, 2.75) is 6.54 Å². The summed E-state index contributed by atoms with van der Waals surface area (Å²) in [4.78, 5) is 12.4. The van der Waals surface area contributed by atoms with Crippen molar-refractivity contribution in [2.24, 2.45) is 0 Å². The average Bonchev–Trinajstić information content (AvgIpc) is 3.32. The highest BCUT2D eigenvalue weighted by Gasteiger charge is 2.52. The van der Waals surface area contributed by atoms with Gasteiger partial charge >= 0.3 is 5.88 Å². The lowest BCUT2D eigenvalue weighted by molar-refractivity contribution is -0.663. The second-order valence-corrected chi connectivity index (χ2v) is 13.7. The van der Waals surface area contributed by atoms with Crippen molar-refractivity contribution >= 4 is 44.7 Å². The minimum atomic E-state index is -7.22.